The molecule has 0 aliphatic heterocycles. The Morgan fingerprint density at radius 3 is 2.64 bits per heavy atom. The zero-order valence-corrected chi connectivity index (χ0v) is 12.8. The number of benzene rings is 1. The van der Waals surface area contributed by atoms with Gasteiger partial charge in [-0.15, -0.1) is 0 Å². The molecule has 0 aromatic heterocycles. The van der Waals surface area contributed by atoms with Crippen molar-refractivity contribution in [1.29, 1.82) is 0 Å². The van der Waals surface area contributed by atoms with Crippen LogP contribution in [0.2, 0.25) is 0 Å². The monoisotopic (exact) mass is 304 g/mol. The van der Waals surface area contributed by atoms with Crippen molar-refractivity contribution in [3.63, 3.8) is 0 Å². The summed E-state index contributed by atoms with van der Waals surface area (Å²) in [5.74, 6) is -0.722. The zero-order chi connectivity index (χ0) is 16.1. The average molecular weight is 304 g/mol. The Morgan fingerprint density at radius 2 is 1.95 bits per heavy atom. The maximum atomic E-state index is 11.9. The van der Waals surface area contributed by atoms with Crippen LogP contribution >= 0.6 is 0 Å². The summed E-state index contributed by atoms with van der Waals surface area (Å²) in [5, 5.41) is 5.50. The molecule has 2 rings (SSSR count). The first kappa shape index (κ1) is 16.0. The van der Waals surface area contributed by atoms with Crippen LogP contribution < -0.4 is 10.6 Å². The molecule has 1 aromatic carbocycles. The summed E-state index contributed by atoms with van der Waals surface area (Å²) in [6, 6.07) is 5.45. The van der Waals surface area contributed by atoms with E-state index in [1.54, 1.807) is 6.07 Å². The Hall–Kier alpha value is -2.37. The van der Waals surface area contributed by atoms with Crippen molar-refractivity contribution >= 4 is 18.0 Å². The summed E-state index contributed by atoms with van der Waals surface area (Å²) in [4.78, 5) is 34.1. The number of carbonyl (C=O) groups is 3. The number of alkyl carbamates (subject to hydrolysis) is 1. The van der Waals surface area contributed by atoms with Crippen LogP contribution in [0.15, 0.2) is 18.2 Å². The predicted molar refractivity (Wildman–Crippen MR) is 80.6 cm³/mol. The van der Waals surface area contributed by atoms with Gasteiger partial charge in [-0.25, -0.2) is 4.79 Å². The Balaban J connectivity index is 1.98. The van der Waals surface area contributed by atoms with Gasteiger partial charge < -0.3 is 15.4 Å². The summed E-state index contributed by atoms with van der Waals surface area (Å²) >= 11 is 0. The maximum Gasteiger partial charge on any atom is 0.415 e. The Kier molecular flexibility index (Phi) is 5.14. The fourth-order valence-electron chi connectivity index (χ4n) is 2.53. The second-order valence-electron chi connectivity index (χ2n) is 5.37. The number of amides is 2. The third-order valence-electron chi connectivity index (χ3n) is 3.50. The largest absolute Gasteiger partial charge is 0.415 e. The van der Waals surface area contributed by atoms with Crippen molar-refractivity contribution in [3.8, 4) is 0 Å². The highest BCUT2D eigenvalue weighted by Gasteiger charge is 2.24. The van der Waals surface area contributed by atoms with E-state index in [0.29, 0.717) is 24.9 Å². The molecule has 22 heavy (non-hydrogen) atoms. The smallest absolute Gasteiger partial charge is 0.377 e. The van der Waals surface area contributed by atoms with Gasteiger partial charge >= 0.3 is 12.1 Å². The van der Waals surface area contributed by atoms with Crippen LogP contribution in [0.5, 0.6) is 0 Å². The number of fused-ring (bicyclic) bond motifs is 1. The summed E-state index contributed by atoms with van der Waals surface area (Å²) < 4.78 is 4.46. The van der Waals surface area contributed by atoms with Crippen LogP contribution in [0, 0.1) is 0 Å². The molecule has 1 aromatic rings. The van der Waals surface area contributed by atoms with Crippen LogP contribution in [0.3, 0.4) is 0 Å². The highest BCUT2D eigenvalue weighted by Crippen LogP contribution is 2.23. The van der Waals surface area contributed by atoms with Gasteiger partial charge in [0.05, 0.1) is 0 Å². The van der Waals surface area contributed by atoms with E-state index in [-0.39, 0.29) is 11.9 Å². The van der Waals surface area contributed by atoms with E-state index < -0.39 is 12.1 Å². The fraction of sp³-hybridized carbons (Fsp3) is 0.438. The second-order valence-corrected chi connectivity index (χ2v) is 5.37. The van der Waals surface area contributed by atoms with Crippen LogP contribution in [0.25, 0.3) is 0 Å². The minimum absolute atomic E-state index is 0.0861. The summed E-state index contributed by atoms with van der Waals surface area (Å²) in [5.41, 5.74) is 2.76. The lowest BCUT2D eigenvalue weighted by Crippen LogP contribution is -2.36. The van der Waals surface area contributed by atoms with Crippen LogP contribution in [-0.2, 0) is 22.4 Å². The standard InChI is InChI=1S/C16H20N2O4/c1-3-6-17-15(20)12-5-4-11-8-14(9-13(11)7-12)18-16(21)22-10(2)19/h4-5,7,14H,3,6,8-9H2,1-2H3,(H,17,20)(H,18,21). The van der Waals surface area contributed by atoms with Crippen LogP contribution in [0.1, 0.15) is 41.8 Å². The molecule has 2 amide bonds. The van der Waals surface area contributed by atoms with E-state index in [9.17, 15) is 14.4 Å². The third kappa shape index (κ3) is 4.07. The van der Waals surface area contributed by atoms with Crippen molar-refractivity contribution in [2.24, 2.45) is 0 Å². The third-order valence-corrected chi connectivity index (χ3v) is 3.50. The molecule has 1 aliphatic carbocycles. The Morgan fingerprint density at radius 1 is 1.23 bits per heavy atom. The minimum atomic E-state index is -0.730. The first-order valence-corrected chi connectivity index (χ1v) is 7.38. The molecule has 1 unspecified atom stereocenters. The van der Waals surface area contributed by atoms with Gasteiger partial charge in [-0.1, -0.05) is 13.0 Å². The highest BCUT2D eigenvalue weighted by molar-refractivity contribution is 5.94. The van der Waals surface area contributed by atoms with E-state index in [4.69, 9.17) is 0 Å². The normalized spacial score (nSPS) is 15.8. The minimum Gasteiger partial charge on any atom is -0.377 e. The number of esters is 1. The molecular weight excluding hydrogens is 284 g/mol. The van der Waals surface area contributed by atoms with Crippen LogP contribution in [-0.4, -0.2) is 30.6 Å². The van der Waals surface area contributed by atoms with Gasteiger partial charge in [-0.05, 0) is 42.5 Å². The first-order valence-electron chi connectivity index (χ1n) is 7.38. The Labute approximate surface area is 129 Å². The van der Waals surface area contributed by atoms with E-state index >= 15 is 0 Å². The molecule has 0 bridgehead atoms. The summed E-state index contributed by atoms with van der Waals surface area (Å²) in [6.45, 7) is 3.83. The molecule has 0 spiro atoms. The quantitative estimate of drug-likeness (QED) is 0.653. The summed E-state index contributed by atoms with van der Waals surface area (Å²) in [7, 11) is 0. The maximum absolute atomic E-state index is 11.9. The molecular formula is C16H20N2O4. The summed E-state index contributed by atoms with van der Waals surface area (Å²) in [6.07, 6.45) is 1.45. The van der Waals surface area contributed by atoms with Crippen molar-refractivity contribution < 1.29 is 19.1 Å². The van der Waals surface area contributed by atoms with Crippen molar-refractivity contribution in [2.45, 2.75) is 39.2 Å². The highest BCUT2D eigenvalue weighted by atomic mass is 16.6. The molecule has 0 saturated carbocycles. The van der Waals surface area contributed by atoms with Crippen molar-refractivity contribution in [3.05, 3.63) is 34.9 Å². The van der Waals surface area contributed by atoms with Crippen LogP contribution in [0.4, 0.5) is 4.79 Å². The number of hydrogen-bond acceptors (Lipinski definition) is 4. The van der Waals surface area contributed by atoms with Crippen molar-refractivity contribution in [2.75, 3.05) is 6.54 Å². The molecule has 0 saturated heterocycles. The van der Waals surface area contributed by atoms with E-state index in [2.05, 4.69) is 15.4 Å². The van der Waals surface area contributed by atoms with Crippen molar-refractivity contribution in [1.82, 2.24) is 10.6 Å². The number of rotatable bonds is 4. The van der Waals surface area contributed by atoms with E-state index in [1.807, 2.05) is 19.1 Å². The lowest BCUT2D eigenvalue weighted by molar-refractivity contribution is -0.134. The van der Waals surface area contributed by atoms with E-state index in [0.717, 1.165) is 17.5 Å². The average Bonchev–Trinajstić information content (AvgIpc) is 2.84. The van der Waals surface area contributed by atoms with Gasteiger partial charge in [-0.3, -0.25) is 9.59 Å². The molecule has 6 heteroatoms. The zero-order valence-electron chi connectivity index (χ0n) is 12.8. The first-order chi connectivity index (χ1) is 10.5. The lowest BCUT2D eigenvalue weighted by atomic mass is 10.1. The molecule has 1 atom stereocenters. The molecule has 0 radical (unpaired) electrons. The topological polar surface area (TPSA) is 84.5 Å². The molecule has 1 aliphatic rings. The number of hydrogen-bond donors (Lipinski definition) is 2. The fourth-order valence-corrected chi connectivity index (χ4v) is 2.53. The number of carbonyl (C=O) groups excluding carboxylic acids is 3. The number of nitrogens with one attached hydrogen (secondary N) is 2. The molecule has 0 fully saturated rings. The van der Waals surface area contributed by atoms with Gasteiger partial charge in [0.1, 0.15) is 0 Å². The number of ether oxygens (including phenoxy) is 1. The van der Waals surface area contributed by atoms with Gasteiger partial charge in [0.15, 0.2) is 0 Å². The molecule has 2 N–H and O–H groups in total. The van der Waals surface area contributed by atoms with Gasteiger partial charge in [0, 0.05) is 25.1 Å². The Bertz CT molecular complexity index is 598. The van der Waals surface area contributed by atoms with Gasteiger partial charge in [0.2, 0.25) is 0 Å². The van der Waals surface area contributed by atoms with Gasteiger partial charge in [-0.2, -0.15) is 0 Å². The molecule has 6 nitrogen and oxygen atoms in total. The second kappa shape index (κ2) is 7.06. The molecule has 0 heterocycles. The van der Waals surface area contributed by atoms with Gasteiger partial charge in [0.25, 0.3) is 5.91 Å². The lowest BCUT2D eigenvalue weighted by Gasteiger charge is -2.10. The molecule has 118 valence electrons. The van der Waals surface area contributed by atoms with E-state index in [1.165, 1.54) is 6.92 Å². The SMILES string of the molecule is CCCNC(=O)c1ccc2c(c1)CC(NC(=O)OC(C)=O)C2. The predicted octanol–water partition coefficient (Wildman–Crippen LogP) is 1.57.